The van der Waals surface area contributed by atoms with Gasteiger partial charge >= 0.3 is 0 Å². The molecule has 0 unspecified atom stereocenters. The van der Waals surface area contributed by atoms with Crippen LogP contribution in [-0.2, 0) is 4.79 Å². The van der Waals surface area contributed by atoms with Crippen molar-refractivity contribution in [1.82, 2.24) is 10.2 Å². The molecule has 0 radical (unpaired) electrons. The minimum absolute atomic E-state index is 0.153. The fourth-order valence-electron chi connectivity index (χ4n) is 2.85. The van der Waals surface area contributed by atoms with Gasteiger partial charge in [-0.2, -0.15) is 0 Å². The van der Waals surface area contributed by atoms with E-state index in [0.29, 0.717) is 6.04 Å². The molecule has 0 aromatic heterocycles. The Balaban J connectivity index is 1.93. The number of carbonyl (C=O) groups excluding carboxylic acids is 1. The minimum atomic E-state index is 0.153. The highest BCUT2D eigenvalue weighted by atomic mass is 16.1. The van der Waals surface area contributed by atoms with Gasteiger partial charge in [0.25, 0.3) is 0 Å². The lowest BCUT2D eigenvalue weighted by Crippen LogP contribution is -2.58. The van der Waals surface area contributed by atoms with Crippen LogP contribution in [0.25, 0.3) is 0 Å². The van der Waals surface area contributed by atoms with Gasteiger partial charge in [-0.05, 0) is 39.5 Å². The summed E-state index contributed by atoms with van der Waals surface area (Å²) in [7, 11) is 0. The standard InChI is InChI=1S/C12H22N2O/c1-10(2)14-8-6-12(7-9-14)5-3-4-11(15)13-12/h10H,3-9H2,1-2H3,(H,13,15). The highest BCUT2D eigenvalue weighted by Crippen LogP contribution is 2.31. The van der Waals surface area contributed by atoms with Gasteiger partial charge < -0.3 is 10.2 Å². The predicted molar refractivity (Wildman–Crippen MR) is 60.7 cm³/mol. The van der Waals surface area contributed by atoms with Gasteiger partial charge in [-0.25, -0.2) is 0 Å². The molecule has 0 aromatic carbocycles. The molecule has 0 aliphatic carbocycles. The van der Waals surface area contributed by atoms with Gasteiger partial charge in [0.15, 0.2) is 0 Å². The number of piperidine rings is 2. The number of rotatable bonds is 1. The van der Waals surface area contributed by atoms with Crippen molar-refractivity contribution < 1.29 is 4.79 Å². The molecule has 2 saturated heterocycles. The van der Waals surface area contributed by atoms with Crippen LogP contribution in [0.2, 0.25) is 0 Å². The summed E-state index contributed by atoms with van der Waals surface area (Å²) < 4.78 is 0. The second-order valence-corrected chi connectivity index (χ2v) is 5.31. The summed E-state index contributed by atoms with van der Waals surface area (Å²) >= 11 is 0. The quantitative estimate of drug-likeness (QED) is 0.712. The molecule has 1 spiro atoms. The summed E-state index contributed by atoms with van der Waals surface area (Å²) in [6, 6.07) is 0.640. The van der Waals surface area contributed by atoms with Crippen molar-refractivity contribution in [3.63, 3.8) is 0 Å². The topological polar surface area (TPSA) is 32.3 Å². The molecule has 15 heavy (non-hydrogen) atoms. The maximum absolute atomic E-state index is 11.4. The predicted octanol–water partition coefficient (Wildman–Crippen LogP) is 1.53. The van der Waals surface area contributed by atoms with Crippen LogP contribution in [0.1, 0.15) is 46.0 Å². The summed E-state index contributed by atoms with van der Waals surface area (Å²) in [6.45, 7) is 6.77. The number of carbonyl (C=O) groups is 1. The summed E-state index contributed by atoms with van der Waals surface area (Å²) in [6.07, 6.45) is 5.27. The molecule has 2 fully saturated rings. The Kier molecular flexibility index (Phi) is 3.01. The average Bonchev–Trinajstić information content (AvgIpc) is 2.18. The number of nitrogens with zero attached hydrogens (tertiary/aromatic N) is 1. The van der Waals surface area contributed by atoms with Crippen molar-refractivity contribution in [3.8, 4) is 0 Å². The molecule has 3 nitrogen and oxygen atoms in total. The molecule has 1 N–H and O–H groups in total. The lowest BCUT2D eigenvalue weighted by molar-refractivity contribution is -0.126. The van der Waals surface area contributed by atoms with Gasteiger partial charge in [-0.1, -0.05) is 0 Å². The second-order valence-electron chi connectivity index (χ2n) is 5.31. The molecule has 2 rings (SSSR count). The van der Waals surface area contributed by atoms with Gasteiger partial charge in [0.2, 0.25) is 5.91 Å². The summed E-state index contributed by atoms with van der Waals surface area (Å²) in [5.74, 6) is 0.263. The molecule has 2 aliphatic heterocycles. The summed E-state index contributed by atoms with van der Waals surface area (Å²) in [5.41, 5.74) is 0.153. The summed E-state index contributed by atoms with van der Waals surface area (Å²) in [4.78, 5) is 13.9. The monoisotopic (exact) mass is 210 g/mol. The van der Waals surface area contributed by atoms with Crippen LogP contribution in [0.4, 0.5) is 0 Å². The maximum Gasteiger partial charge on any atom is 0.220 e. The highest BCUT2D eigenvalue weighted by Gasteiger charge is 2.38. The molecule has 3 heteroatoms. The van der Waals surface area contributed by atoms with Gasteiger partial charge in [0.1, 0.15) is 0 Å². The van der Waals surface area contributed by atoms with Crippen LogP contribution in [0.15, 0.2) is 0 Å². The van der Waals surface area contributed by atoms with Crippen molar-refractivity contribution in [1.29, 1.82) is 0 Å². The first kappa shape index (κ1) is 10.9. The Morgan fingerprint density at radius 2 is 1.93 bits per heavy atom. The second kappa shape index (κ2) is 4.12. The van der Waals surface area contributed by atoms with Crippen molar-refractivity contribution >= 4 is 5.91 Å². The molecular formula is C12H22N2O. The van der Waals surface area contributed by atoms with Crippen molar-refractivity contribution in [2.75, 3.05) is 13.1 Å². The fraction of sp³-hybridized carbons (Fsp3) is 0.917. The zero-order valence-corrected chi connectivity index (χ0v) is 9.88. The molecule has 0 saturated carbocycles. The van der Waals surface area contributed by atoms with E-state index in [9.17, 15) is 4.79 Å². The SMILES string of the molecule is CC(C)N1CCC2(CCCC(=O)N2)CC1. The lowest BCUT2D eigenvalue weighted by Gasteiger charge is -2.45. The minimum Gasteiger partial charge on any atom is -0.351 e. The number of hydrogen-bond acceptors (Lipinski definition) is 2. The Morgan fingerprint density at radius 1 is 1.27 bits per heavy atom. The largest absolute Gasteiger partial charge is 0.351 e. The van der Waals surface area contributed by atoms with E-state index in [4.69, 9.17) is 0 Å². The molecule has 2 aliphatic rings. The van der Waals surface area contributed by atoms with Crippen LogP contribution >= 0.6 is 0 Å². The molecule has 2 heterocycles. The molecule has 0 aromatic rings. The number of likely N-dealkylation sites (tertiary alicyclic amines) is 1. The Labute approximate surface area is 92.2 Å². The van der Waals surface area contributed by atoms with E-state index in [0.717, 1.165) is 38.8 Å². The smallest absolute Gasteiger partial charge is 0.220 e. The van der Waals surface area contributed by atoms with Crippen molar-refractivity contribution in [3.05, 3.63) is 0 Å². The van der Waals surface area contributed by atoms with Gasteiger partial charge in [0.05, 0.1) is 0 Å². The van der Waals surface area contributed by atoms with Crippen molar-refractivity contribution in [2.24, 2.45) is 0 Å². The van der Waals surface area contributed by atoms with E-state index in [1.54, 1.807) is 0 Å². The van der Waals surface area contributed by atoms with Crippen LogP contribution in [0.5, 0.6) is 0 Å². The fourth-order valence-corrected chi connectivity index (χ4v) is 2.85. The Morgan fingerprint density at radius 3 is 2.47 bits per heavy atom. The number of amides is 1. The third kappa shape index (κ3) is 2.33. The van der Waals surface area contributed by atoms with Gasteiger partial charge in [-0.3, -0.25) is 4.79 Å². The van der Waals surface area contributed by atoms with E-state index < -0.39 is 0 Å². The first-order valence-electron chi connectivity index (χ1n) is 6.16. The average molecular weight is 210 g/mol. The molecule has 86 valence electrons. The number of nitrogens with one attached hydrogen (secondary N) is 1. The molecule has 0 bridgehead atoms. The van der Waals surface area contributed by atoms with Crippen molar-refractivity contribution in [2.45, 2.75) is 57.5 Å². The van der Waals surface area contributed by atoms with E-state index >= 15 is 0 Å². The third-order valence-electron chi connectivity index (χ3n) is 3.95. The van der Waals surface area contributed by atoms with Gasteiger partial charge in [0, 0.05) is 31.1 Å². The Hall–Kier alpha value is -0.570. The normalized spacial score (nSPS) is 27.0. The van der Waals surface area contributed by atoms with E-state index in [1.807, 2.05) is 0 Å². The van der Waals surface area contributed by atoms with Crippen LogP contribution in [0.3, 0.4) is 0 Å². The van der Waals surface area contributed by atoms with Crippen LogP contribution in [-0.4, -0.2) is 35.5 Å². The van der Waals surface area contributed by atoms with E-state index in [2.05, 4.69) is 24.1 Å². The van der Waals surface area contributed by atoms with E-state index in [-0.39, 0.29) is 11.4 Å². The first-order valence-corrected chi connectivity index (χ1v) is 6.16. The lowest BCUT2D eigenvalue weighted by atomic mass is 9.80. The molecule has 1 amide bonds. The first-order chi connectivity index (χ1) is 7.11. The zero-order chi connectivity index (χ0) is 10.9. The molecule has 0 atom stereocenters. The maximum atomic E-state index is 11.4. The Bertz CT molecular complexity index is 242. The van der Waals surface area contributed by atoms with Gasteiger partial charge in [-0.15, -0.1) is 0 Å². The highest BCUT2D eigenvalue weighted by molar-refractivity contribution is 5.77. The molecular weight excluding hydrogens is 188 g/mol. The summed E-state index contributed by atoms with van der Waals surface area (Å²) in [5, 5.41) is 3.23. The number of hydrogen-bond donors (Lipinski definition) is 1. The third-order valence-corrected chi connectivity index (χ3v) is 3.95. The zero-order valence-electron chi connectivity index (χ0n) is 9.88. The van der Waals surface area contributed by atoms with E-state index in [1.165, 1.54) is 6.42 Å². The van der Waals surface area contributed by atoms with Crippen LogP contribution < -0.4 is 5.32 Å². The van der Waals surface area contributed by atoms with Crippen LogP contribution in [0, 0.1) is 0 Å².